The molecule has 0 bridgehead atoms. The molecule has 2 amide bonds. The van der Waals surface area contributed by atoms with Gasteiger partial charge in [-0.2, -0.15) is 0 Å². The van der Waals surface area contributed by atoms with Gasteiger partial charge in [0.2, 0.25) is 5.91 Å². The molecule has 1 saturated heterocycles. The fraction of sp³-hybridized carbons (Fsp3) is 0.619. The molecule has 1 aliphatic heterocycles. The second-order valence-electron chi connectivity index (χ2n) is 7.98. The molecule has 1 heterocycles. The van der Waals surface area contributed by atoms with Gasteiger partial charge in [-0.15, -0.1) is 0 Å². The molecule has 3 atom stereocenters. The van der Waals surface area contributed by atoms with Crippen molar-refractivity contribution >= 4 is 11.8 Å². The molecule has 28 heavy (non-hydrogen) atoms. The number of amides is 2. The van der Waals surface area contributed by atoms with Gasteiger partial charge in [0.05, 0.1) is 17.7 Å². The lowest BCUT2D eigenvalue weighted by Crippen LogP contribution is -2.58. The summed E-state index contributed by atoms with van der Waals surface area (Å²) in [7, 11) is 0. The van der Waals surface area contributed by atoms with E-state index in [0.717, 1.165) is 37.9 Å². The van der Waals surface area contributed by atoms with Crippen molar-refractivity contribution < 1.29 is 19.8 Å². The zero-order valence-electron chi connectivity index (χ0n) is 16.7. The Kier molecular flexibility index (Phi) is 6.57. The van der Waals surface area contributed by atoms with Crippen molar-refractivity contribution in [1.29, 1.82) is 0 Å². The smallest absolute Gasteiger partial charge is 0.255 e. The van der Waals surface area contributed by atoms with Gasteiger partial charge in [-0.05, 0) is 37.5 Å². The van der Waals surface area contributed by atoms with Gasteiger partial charge in [0.15, 0.2) is 0 Å². The molecule has 1 saturated carbocycles. The highest BCUT2D eigenvalue weighted by Gasteiger charge is 2.36. The normalized spacial score (nSPS) is 26.5. The highest BCUT2D eigenvalue weighted by Crippen LogP contribution is 2.25. The molecule has 0 unspecified atom stereocenters. The maximum Gasteiger partial charge on any atom is 0.255 e. The maximum atomic E-state index is 12.7. The van der Waals surface area contributed by atoms with Crippen LogP contribution in [0.25, 0.3) is 0 Å². The average Bonchev–Trinajstić information content (AvgIpc) is 2.83. The first-order valence-corrected chi connectivity index (χ1v) is 10.1. The predicted octanol–water partition coefficient (Wildman–Crippen LogP) is 1.27. The molecule has 1 aliphatic carbocycles. The van der Waals surface area contributed by atoms with Crippen LogP contribution in [0, 0.1) is 6.92 Å². The molecule has 2 fully saturated rings. The molecule has 0 radical (unpaired) electrons. The van der Waals surface area contributed by atoms with Gasteiger partial charge in [0, 0.05) is 39.1 Å². The number of aromatic hydroxyl groups is 1. The third-order valence-electron chi connectivity index (χ3n) is 6.01. The van der Waals surface area contributed by atoms with Crippen LogP contribution >= 0.6 is 0 Å². The number of nitrogens with zero attached hydrogens (tertiary/aromatic N) is 2. The average molecular weight is 389 g/mol. The van der Waals surface area contributed by atoms with Crippen molar-refractivity contribution in [2.24, 2.45) is 0 Å². The van der Waals surface area contributed by atoms with Gasteiger partial charge in [-0.1, -0.05) is 18.9 Å². The Morgan fingerprint density at radius 1 is 1.11 bits per heavy atom. The summed E-state index contributed by atoms with van der Waals surface area (Å²) in [5.41, 5.74) is 1.11. The predicted molar refractivity (Wildman–Crippen MR) is 106 cm³/mol. The Bertz CT molecular complexity index is 716. The quantitative estimate of drug-likeness (QED) is 0.677. The molecule has 1 aromatic carbocycles. The van der Waals surface area contributed by atoms with Gasteiger partial charge in [-0.25, -0.2) is 0 Å². The number of aryl methyl sites for hydroxylation is 1. The third kappa shape index (κ3) is 4.64. The minimum atomic E-state index is -0.678. The summed E-state index contributed by atoms with van der Waals surface area (Å²) in [5.74, 6) is -0.315. The number of aliphatic hydroxyl groups excluding tert-OH is 1. The molecular formula is C21H31N3O4. The second-order valence-corrected chi connectivity index (χ2v) is 7.98. The van der Waals surface area contributed by atoms with E-state index in [9.17, 15) is 19.8 Å². The van der Waals surface area contributed by atoms with Crippen molar-refractivity contribution in [3.05, 3.63) is 29.3 Å². The summed E-state index contributed by atoms with van der Waals surface area (Å²) in [5, 5.41) is 24.1. The number of carbonyl (C=O) groups excluding carboxylic acids is 2. The van der Waals surface area contributed by atoms with Crippen molar-refractivity contribution in [3.8, 4) is 5.75 Å². The largest absolute Gasteiger partial charge is 0.507 e. The lowest BCUT2D eigenvalue weighted by Gasteiger charge is -2.41. The summed E-state index contributed by atoms with van der Waals surface area (Å²) in [6.45, 7) is 6.26. The van der Waals surface area contributed by atoms with Gasteiger partial charge in [0.25, 0.3) is 5.91 Å². The van der Waals surface area contributed by atoms with E-state index in [1.165, 1.54) is 0 Å². The molecule has 2 aliphatic rings. The Morgan fingerprint density at radius 2 is 1.79 bits per heavy atom. The van der Waals surface area contributed by atoms with E-state index in [0.29, 0.717) is 19.5 Å². The topological polar surface area (TPSA) is 93.1 Å². The van der Waals surface area contributed by atoms with E-state index in [-0.39, 0.29) is 35.2 Å². The van der Waals surface area contributed by atoms with Crippen LogP contribution in [0.15, 0.2) is 18.2 Å². The van der Waals surface area contributed by atoms with Crippen LogP contribution in [0.2, 0.25) is 0 Å². The Balaban J connectivity index is 1.66. The van der Waals surface area contributed by atoms with Crippen LogP contribution in [-0.2, 0) is 4.79 Å². The van der Waals surface area contributed by atoms with Crippen molar-refractivity contribution in [2.45, 2.75) is 57.7 Å². The Labute approximate surface area is 166 Å². The number of phenols is 1. The first kappa shape index (κ1) is 20.6. The van der Waals surface area contributed by atoms with Crippen LogP contribution in [0.3, 0.4) is 0 Å². The first-order chi connectivity index (χ1) is 13.4. The van der Waals surface area contributed by atoms with Gasteiger partial charge < -0.3 is 20.4 Å². The van der Waals surface area contributed by atoms with E-state index < -0.39 is 6.10 Å². The monoisotopic (exact) mass is 389 g/mol. The SMILES string of the molecule is CC(=O)N1CCN([C@@H]2CCCC[C@@H](NC(=O)c3ccc(C)cc3O)[C@H]2O)CC1. The summed E-state index contributed by atoms with van der Waals surface area (Å²) < 4.78 is 0. The molecule has 0 aromatic heterocycles. The fourth-order valence-electron chi connectivity index (χ4n) is 4.33. The number of nitrogens with one attached hydrogen (secondary N) is 1. The van der Waals surface area contributed by atoms with E-state index in [1.54, 1.807) is 25.1 Å². The second kappa shape index (κ2) is 8.92. The van der Waals surface area contributed by atoms with Crippen LogP contribution < -0.4 is 5.32 Å². The number of carbonyl (C=O) groups is 2. The highest BCUT2D eigenvalue weighted by molar-refractivity contribution is 5.97. The van der Waals surface area contributed by atoms with Gasteiger partial charge in [0.1, 0.15) is 5.75 Å². The Morgan fingerprint density at radius 3 is 2.43 bits per heavy atom. The minimum Gasteiger partial charge on any atom is -0.507 e. The fourth-order valence-corrected chi connectivity index (χ4v) is 4.33. The highest BCUT2D eigenvalue weighted by atomic mass is 16.3. The molecule has 7 nitrogen and oxygen atoms in total. The zero-order valence-corrected chi connectivity index (χ0v) is 16.7. The van der Waals surface area contributed by atoms with Gasteiger partial charge >= 0.3 is 0 Å². The number of phenolic OH excluding ortho intramolecular Hbond substituents is 1. The number of aliphatic hydroxyl groups is 1. The van der Waals surface area contributed by atoms with Crippen LogP contribution in [0.5, 0.6) is 5.75 Å². The van der Waals surface area contributed by atoms with Crippen LogP contribution in [0.4, 0.5) is 0 Å². The van der Waals surface area contributed by atoms with Crippen molar-refractivity contribution in [3.63, 3.8) is 0 Å². The third-order valence-corrected chi connectivity index (χ3v) is 6.01. The number of benzene rings is 1. The van der Waals surface area contributed by atoms with Gasteiger partial charge in [-0.3, -0.25) is 14.5 Å². The lowest BCUT2D eigenvalue weighted by atomic mass is 9.98. The zero-order chi connectivity index (χ0) is 20.3. The molecule has 0 spiro atoms. The van der Waals surface area contributed by atoms with Crippen molar-refractivity contribution in [2.75, 3.05) is 26.2 Å². The number of hydrogen-bond donors (Lipinski definition) is 3. The standard InChI is InChI=1S/C21H31N3O4/c1-14-7-8-16(19(26)13-14)21(28)22-17-5-3-4-6-18(20(17)27)24-11-9-23(10-12-24)15(2)25/h7-8,13,17-18,20,26-27H,3-6,9-12H2,1-2H3,(H,22,28)/t17-,18-,20-/m1/s1. The lowest BCUT2D eigenvalue weighted by molar-refractivity contribution is -0.131. The molecule has 3 N–H and O–H groups in total. The molecule has 7 heteroatoms. The summed E-state index contributed by atoms with van der Waals surface area (Å²) in [4.78, 5) is 28.3. The number of hydrogen-bond acceptors (Lipinski definition) is 5. The number of rotatable bonds is 3. The van der Waals surface area contributed by atoms with E-state index in [2.05, 4.69) is 10.2 Å². The first-order valence-electron chi connectivity index (χ1n) is 10.1. The van der Waals surface area contributed by atoms with E-state index in [1.807, 2.05) is 11.8 Å². The summed E-state index contributed by atoms with van der Waals surface area (Å²) in [6.07, 6.45) is 2.85. The number of piperazine rings is 1. The van der Waals surface area contributed by atoms with Crippen molar-refractivity contribution in [1.82, 2.24) is 15.1 Å². The summed E-state index contributed by atoms with van der Waals surface area (Å²) >= 11 is 0. The van der Waals surface area contributed by atoms with E-state index >= 15 is 0 Å². The van der Waals surface area contributed by atoms with E-state index in [4.69, 9.17) is 0 Å². The maximum absolute atomic E-state index is 12.7. The molecule has 3 rings (SSSR count). The molecular weight excluding hydrogens is 358 g/mol. The Hall–Kier alpha value is -2.12. The molecule has 154 valence electrons. The van der Waals surface area contributed by atoms with Crippen LogP contribution in [-0.4, -0.2) is 76.2 Å². The minimum absolute atomic E-state index is 0.0338. The summed E-state index contributed by atoms with van der Waals surface area (Å²) in [6, 6.07) is 4.58. The van der Waals surface area contributed by atoms with Crippen LogP contribution in [0.1, 0.15) is 48.5 Å². The molecule has 1 aromatic rings.